The lowest BCUT2D eigenvalue weighted by Crippen LogP contribution is -2.39. The van der Waals surface area contributed by atoms with Gasteiger partial charge in [0.2, 0.25) is 0 Å². The van der Waals surface area contributed by atoms with E-state index in [0.29, 0.717) is 0 Å². The van der Waals surface area contributed by atoms with Crippen LogP contribution < -0.4 is 11.3 Å². The molecule has 0 spiro atoms. The minimum atomic E-state index is -4.58. The number of carbonyl (C=O) groups is 1. The van der Waals surface area contributed by atoms with Crippen molar-refractivity contribution in [3.05, 3.63) is 29.3 Å². The van der Waals surface area contributed by atoms with Crippen LogP contribution in [0.4, 0.5) is 18.9 Å². The summed E-state index contributed by atoms with van der Waals surface area (Å²) in [5.74, 6) is 4.88. The highest BCUT2D eigenvalue weighted by atomic mass is 19.4. The number of nitrogens with one attached hydrogen (secondary N) is 1. The number of nitrogens with zero attached hydrogens (tertiary/aromatic N) is 1. The van der Waals surface area contributed by atoms with Gasteiger partial charge in [0.05, 0.1) is 16.8 Å². The van der Waals surface area contributed by atoms with Gasteiger partial charge in [-0.1, -0.05) is 19.9 Å². The third-order valence-electron chi connectivity index (χ3n) is 3.64. The first-order valence-electron chi connectivity index (χ1n) is 6.55. The Bertz CT molecular complexity index is 515. The fourth-order valence-corrected chi connectivity index (χ4v) is 1.94. The van der Waals surface area contributed by atoms with Gasteiger partial charge in [-0.2, -0.15) is 13.2 Å². The lowest BCUT2D eigenvalue weighted by Gasteiger charge is -2.29. The van der Waals surface area contributed by atoms with Gasteiger partial charge in [0, 0.05) is 13.1 Å². The van der Waals surface area contributed by atoms with Crippen molar-refractivity contribution < 1.29 is 18.0 Å². The summed E-state index contributed by atoms with van der Waals surface area (Å²) >= 11 is 0. The molecule has 21 heavy (non-hydrogen) atoms. The molecule has 1 aromatic carbocycles. The maximum absolute atomic E-state index is 12.9. The highest BCUT2D eigenvalue weighted by Crippen LogP contribution is 2.36. The molecule has 0 heterocycles. The summed E-state index contributed by atoms with van der Waals surface area (Å²) in [6.07, 6.45) is -4.58. The Balaban J connectivity index is 3.28. The monoisotopic (exact) mass is 303 g/mol. The standard InChI is InChI=1S/C14H20F3N3O/c1-8(2)9(3)20(4)13(21)10-6-5-7-11(12(10)19-18)14(15,16)17/h5-9,19H,18H2,1-4H3. The zero-order chi connectivity index (χ0) is 16.4. The maximum Gasteiger partial charge on any atom is 0.418 e. The summed E-state index contributed by atoms with van der Waals surface area (Å²) in [6.45, 7) is 5.71. The Morgan fingerprint density at radius 2 is 1.86 bits per heavy atom. The number of rotatable bonds is 4. The second kappa shape index (κ2) is 6.34. The molecule has 0 saturated carbocycles. The number of hydrogen-bond acceptors (Lipinski definition) is 3. The molecule has 4 nitrogen and oxygen atoms in total. The predicted molar refractivity (Wildman–Crippen MR) is 75.6 cm³/mol. The molecule has 1 unspecified atom stereocenters. The van der Waals surface area contributed by atoms with Crippen LogP contribution in [0.1, 0.15) is 36.7 Å². The molecule has 1 aromatic rings. The highest BCUT2D eigenvalue weighted by Gasteiger charge is 2.35. The molecule has 0 aliphatic heterocycles. The molecule has 0 radical (unpaired) electrons. The molecule has 0 bridgehead atoms. The van der Waals surface area contributed by atoms with Gasteiger partial charge < -0.3 is 10.3 Å². The van der Waals surface area contributed by atoms with E-state index < -0.39 is 23.3 Å². The van der Waals surface area contributed by atoms with E-state index in [1.54, 1.807) is 7.05 Å². The number of amides is 1. The zero-order valence-corrected chi connectivity index (χ0v) is 12.5. The molecule has 0 aliphatic rings. The summed E-state index contributed by atoms with van der Waals surface area (Å²) < 4.78 is 38.8. The lowest BCUT2D eigenvalue weighted by atomic mass is 10.0. The predicted octanol–water partition coefficient (Wildman–Crippen LogP) is 3.11. The van der Waals surface area contributed by atoms with Crippen LogP contribution in [0.15, 0.2) is 18.2 Å². The van der Waals surface area contributed by atoms with Crippen LogP contribution in [0, 0.1) is 5.92 Å². The van der Waals surface area contributed by atoms with E-state index in [-0.39, 0.29) is 17.5 Å². The molecule has 1 atom stereocenters. The van der Waals surface area contributed by atoms with Gasteiger partial charge in [-0.15, -0.1) is 0 Å². The number of benzene rings is 1. The Kier molecular flexibility index (Phi) is 5.22. The van der Waals surface area contributed by atoms with Crippen molar-refractivity contribution >= 4 is 11.6 Å². The number of nitrogens with two attached hydrogens (primary N) is 1. The molecule has 0 saturated heterocycles. The minimum Gasteiger partial charge on any atom is -0.339 e. The number of para-hydroxylation sites is 1. The Hall–Kier alpha value is -1.76. The van der Waals surface area contributed by atoms with Gasteiger partial charge >= 0.3 is 6.18 Å². The number of halogens is 3. The normalized spacial score (nSPS) is 13.2. The van der Waals surface area contributed by atoms with E-state index in [1.165, 1.54) is 17.0 Å². The molecule has 0 fully saturated rings. The molecule has 1 rings (SSSR count). The number of carbonyl (C=O) groups excluding carboxylic acids is 1. The molecule has 0 aliphatic carbocycles. The largest absolute Gasteiger partial charge is 0.418 e. The third-order valence-corrected chi connectivity index (χ3v) is 3.64. The smallest absolute Gasteiger partial charge is 0.339 e. The maximum atomic E-state index is 12.9. The van der Waals surface area contributed by atoms with E-state index >= 15 is 0 Å². The van der Waals surface area contributed by atoms with Crippen molar-refractivity contribution in [3.63, 3.8) is 0 Å². The Morgan fingerprint density at radius 3 is 2.29 bits per heavy atom. The first kappa shape index (κ1) is 17.3. The quantitative estimate of drug-likeness (QED) is 0.664. The topological polar surface area (TPSA) is 58.4 Å². The van der Waals surface area contributed by atoms with Gasteiger partial charge in [0.1, 0.15) is 0 Å². The molecule has 1 amide bonds. The number of hydrazine groups is 1. The van der Waals surface area contributed by atoms with Crippen molar-refractivity contribution in [3.8, 4) is 0 Å². The summed E-state index contributed by atoms with van der Waals surface area (Å²) in [5, 5.41) is 0. The van der Waals surface area contributed by atoms with Crippen LogP contribution in [-0.2, 0) is 6.18 Å². The van der Waals surface area contributed by atoms with Gasteiger partial charge in [-0.05, 0) is 25.0 Å². The SMILES string of the molecule is CC(C)C(C)N(C)C(=O)c1cccc(C(F)(F)F)c1NN. The van der Waals surface area contributed by atoms with Crippen LogP contribution >= 0.6 is 0 Å². The summed E-state index contributed by atoms with van der Waals surface area (Å²) in [7, 11) is 1.56. The van der Waals surface area contributed by atoms with Crippen LogP contribution in [0.2, 0.25) is 0 Å². The Morgan fingerprint density at radius 1 is 1.29 bits per heavy atom. The van der Waals surface area contributed by atoms with E-state index in [0.717, 1.165) is 6.07 Å². The molecule has 0 aromatic heterocycles. The van der Waals surface area contributed by atoms with E-state index in [2.05, 4.69) is 0 Å². The average molecular weight is 303 g/mol. The third kappa shape index (κ3) is 3.66. The van der Waals surface area contributed by atoms with Gasteiger partial charge in [-0.25, -0.2) is 0 Å². The molecular weight excluding hydrogens is 283 g/mol. The van der Waals surface area contributed by atoms with Gasteiger partial charge in [-0.3, -0.25) is 10.6 Å². The Labute approximate surface area is 122 Å². The second-order valence-electron chi connectivity index (χ2n) is 5.27. The van der Waals surface area contributed by atoms with Crippen LogP contribution in [-0.4, -0.2) is 23.9 Å². The lowest BCUT2D eigenvalue weighted by molar-refractivity contribution is -0.137. The number of nitrogen functional groups attached to an aromatic ring is 1. The van der Waals surface area contributed by atoms with Gasteiger partial charge in [0.15, 0.2) is 0 Å². The second-order valence-corrected chi connectivity index (χ2v) is 5.27. The van der Waals surface area contributed by atoms with E-state index in [4.69, 9.17) is 5.84 Å². The van der Waals surface area contributed by atoms with Crippen molar-refractivity contribution in [2.24, 2.45) is 11.8 Å². The molecular formula is C14H20F3N3O. The number of anilines is 1. The van der Waals surface area contributed by atoms with Crippen molar-refractivity contribution in [1.29, 1.82) is 0 Å². The van der Waals surface area contributed by atoms with E-state index in [9.17, 15) is 18.0 Å². The van der Waals surface area contributed by atoms with Gasteiger partial charge in [0.25, 0.3) is 5.91 Å². The number of hydrogen-bond donors (Lipinski definition) is 2. The van der Waals surface area contributed by atoms with Crippen molar-refractivity contribution in [1.82, 2.24) is 4.90 Å². The first-order chi connectivity index (χ1) is 9.61. The molecule has 7 heteroatoms. The van der Waals surface area contributed by atoms with E-state index in [1.807, 2.05) is 26.2 Å². The summed E-state index contributed by atoms with van der Waals surface area (Å²) in [4.78, 5) is 13.8. The van der Waals surface area contributed by atoms with Crippen LogP contribution in [0.3, 0.4) is 0 Å². The number of alkyl halides is 3. The summed E-state index contributed by atoms with van der Waals surface area (Å²) in [5.41, 5.74) is 0.550. The van der Waals surface area contributed by atoms with Crippen molar-refractivity contribution in [2.75, 3.05) is 12.5 Å². The average Bonchev–Trinajstić information content (AvgIpc) is 2.42. The van der Waals surface area contributed by atoms with Crippen LogP contribution in [0.5, 0.6) is 0 Å². The molecule has 118 valence electrons. The molecule has 3 N–H and O–H groups in total. The minimum absolute atomic E-state index is 0.0951. The summed E-state index contributed by atoms with van der Waals surface area (Å²) in [6, 6.07) is 3.30. The zero-order valence-electron chi connectivity index (χ0n) is 12.5. The van der Waals surface area contributed by atoms with Crippen LogP contribution in [0.25, 0.3) is 0 Å². The highest BCUT2D eigenvalue weighted by molar-refractivity contribution is 6.00. The fourth-order valence-electron chi connectivity index (χ4n) is 1.94. The van der Waals surface area contributed by atoms with Crippen molar-refractivity contribution in [2.45, 2.75) is 33.0 Å². The first-order valence-corrected chi connectivity index (χ1v) is 6.55. The fraction of sp³-hybridized carbons (Fsp3) is 0.500.